The van der Waals surface area contributed by atoms with Gasteiger partial charge < -0.3 is 69.1 Å². The summed E-state index contributed by atoms with van der Waals surface area (Å²) in [4.78, 5) is 73.4. The number of esters is 3. The van der Waals surface area contributed by atoms with Crippen LogP contribution in [0.2, 0.25) is 19.6 Å². The fourth-order valence-electron chi connectivity index (χ4n) is 12.3. The van der Waals surface area contributed by atoms with Crippen molar-refractivity contribution in [3.63, 3.8) is 0 Å². The number of hydrogen-bond donors (Lipinski definition) is 5. The number of hydrogen-bond acceptors (Lipinski definition) is 29. The van der Waals surface area contributed by atoms with Crippen molar-refractivity contribution in [3.8, 4) is 68.9 Å². The third kappa shape index (κ3) is 51.5. The van der Waals surface area contributed by atoms with Crippen molar-refractivity contribution in [3.05, 3.63) is 227 Å². The summed E-state index contributed by atoms with van der Waals surface area (Å²) >= 11 is 21.4. The number of piperazine rings is 3. The Labute approximate surface area is 932 Å². The van der Waals surface area contributed by atoms with Crippen LogP contribution in [0.3, 0.4) is 0 Å². The van der Waals surface area contributed by atoms with Crippen molar-refractivity contribution in [1.82, 2.24) is 24.5 Å². The maximum absolute atomic E-state index is 14.7. The number of methoxy groups -OCH3 is 10. The molecular formula is C97H129AlBr4ClF7LiN10O22PS3Si+2. The number of alkyl halides is 2. The van der Waals surface area contributed by atoms with Crippen LogP contribution in [0, 0.1) is 98.7 Å². The third-order valence-corrected chi connectivity index (χ3v) is 22.3. The maximum atomic E-state index is 14.7. The fraction of sp³-hybridized carbons (Fsp3) is 0.392. The van der Waals surface area contributed by atoms with E-state index in [0.717, 1.165) is 63.8 Å². The van der Waals surface area contributed by atoms with E-state index in [1.165, 1.54) is 123 Å². The molecular weight excluding hydrogens is 2330 g/mol. The smallest absolute Gasteiger partial charge is 1.00 e. The third-order valence-electron chi connectivity index (χ3n) is 19.4. The number of aromatic nitrogens is 5. The molecule has 0 radical (unpaired) electrons. The van der Waals surface area contributed by atoms with Crippen LogP contribution in [-0.2, 0) is 61.2 Å². The summed E-state index contributed by atoms with van der Waals surface area (Å²) in [6, 6.07) is 28.4. The molecule has 3 aliphatic rings. The van der Waals surface area contributed by atoms with Gasteiger partial charge in [-0.3, -0.25) is 32.5 Å². The first kappa shape index (κ1) is 143. The topological polar surface area (TPSA) is 418 Å². The summed E-state index contributed by atoms with van der Waals surface area (Å²) in [5.74, 6) is -1.97. The van der Waals surface area contributed by atoms with E-state index >= 15 is 0 Å². The van der Waals surface area contributed by atoms with Crippen LogP contribution in [0.15, 0.2) is 125 Å². The van der Waals surface area contributed by atoms with Gasteiger partial charge in [-0.2, -0.15) is 13.7 Å². The molecule has 5 N–H and O–H groups in total. The molecule has 3 fully saturated rings. The molecule has 6 heterocycles. The number of thioether (sulfide) groups is 2. The Balaban J connectivity index is -0.000000783. The Morgan fingerprint density at radius 2 is 0.973 bits per heavy atom. The molecule has 0 unspecified atom stereocenters. The van der Waals surface area contributed by atoms with E-state index in [-0.39, 0.29) is 141 Å². The first-order valence-electron chi connectivity index (χ1n) is 43.1. The zero-order valence-corrected chi connectivity index (χ0v) is 98.0. The molecule has 148 heavy (non-hydrogen) atoms. The van der Waals surface area contributed by atoms with Gasteiger partial charge in [-0.25, -0.2) is 61.1 Å². The molecule has 10 aromatic rings. The summed E-state index contributed by atoms with van der Waals surface area (Å²) in [6.45, 7) is 25.5. The Kier molecular flexibility index (Phi) is 71.7. The number of nitriles is 2. The van der Waals surface area contributed by atoms with Crippen molar-refractivity contribution in [2.45, 2.75) is 110 Å². The van der Waals surface area contributed by atoms with Gasteiger partial charge in [0.05, 0.1) is 125 Å². The molecule has 3 aliphatic heterocycles. The van der Waals surface area contributed by atoms with Crippen LogP contribution in [0.25, 0.3) is 22.2 Å². The number of nitrogens with zero attached hydrogens (tertiary/aromatic N) is 9. The number of aliphatic hydroxyl groups excluding tert-OH is 2. The van der Waals surface area contributed by atoms with E-state index in [0.29, 0.717) is 110 Å². The molecule has 3 saturated heterocycles. The largest absolute Gasteiger partial charge is 1.00 e. The number of pyridine rings is 1. The monoisotopic (exact) mass is 2460 g/mol. The normalized spacial score (nSPS) is 12.8. The van der Waals surface area contributed by atoms with E-state index in [2.05, 4.69) is 103 Å². The summed E-state index contributed by atoms with van der Waals surface area (Å²) in [6.07, 6.45) is 7.60. The zero-order chi connectivity index (χ0) is 112. The number of ether oxygens (including phenoxy) is 11. The number of aliphatic hydroxyl groups is 2. The molecule has 32 nitrogen and oxygen atoms in total. The summed E-state index contributed by atoms with van der Waals surface area (Å²) in [5, 5.41) is 38.2. The van der Waals surface area contributed by atoms with Gasteiger partial charge in [0.1, 0.15) is 46.6 Å². The second-order valence-corrected chi connectivity index (χ2v) is 54.6. The van der Waals surface area contributed by atoms with Crippen molar-refractivity contribution in [1.29, 1.82) is 10.5 Å². The number of rotatable bonds is 22. The number of aldehydes is 1. The second-order valence-electron chi connectivity index (χ2n) is 31.3. The number of carbonyl (C=O) groups is 4. The molecule has 0 amide bonds. The fourth-order valence-corrected chi connectivity index (χ4v) is 13.8. The minimum absolute atomic E-state index is 0. The quantitative estimate of drug-likeness (QED) is 0.00336. The van der Waals surface area contributed by atoms with Gasteiger partial charge in [0.25, 0.3) is 5.56 Å². The Bertz CT molecular complexity index is 6040. The summed E-state index contributed by atoms with van der Waals surface area (Å²) < 4.78 is 182. The minimum Gasteiger partial charge on any atom is -1.00 e. The molecule has 51 heteroatoms. The van der Waals surface area contributed by atoms with Gasteiger partial charge in [-0.15, -0.1) is 4.71 Å². The van der Waals surface area contributed by atoms with Gasteiger partial charge in [-0.1, -0.05) is 95.0 Å². The van der Waals surface area contributed by atoms with E-state index in [1.807, 2.05) is 78.9 Å². The van der Waals surface area contributed by atoms with Gasteiger partial charge in [-0.05, 0) is 219 Å². The van der Waals surface area contributed by atoms with Crippen LogP contribution in [0.1, 0.15) is 102 Å². The predicted molar refractivity (Wildman–Crippen MR) is 583 cm³/mol. The van der Waals surface area contributed by atoms with E-state index in [4.69, 9.17) is 92.5 Å². The van der Waals surface area contributed by atoms with E-state index < -0.39 is 59.5 Å². The molecule has 0 saturated carbocycles. The number of fused-ring (bicyclic) bond motifs is 4. The minimum atomic E-state index is -4.67. The van der Waals surface area contributed by atoms with Crippen LogP contribution in [0.5, 0.6) is 46.0 Å². The van der Waals surface area contributed by atoms with Gasteiger partial charge in [0, 0.05) is 83.4 Å². The second kappa shape index (κ2) is 74.1. The number of carbonyl (C=O) groups excluding carboxylic acids is 4. The molecule has 2 bridgehead atoms. The number of anilines is 1. The molecule has 0 spiro atoms. The van der Waals surface area contributed by atoms with Gasteiger partial charge in [0.2, 0.25) is 0 Å². The first-order valence-corrected chi connectivity index (χ1v) is 59.5. The molecule has 3 aromatic heterocycles. The Hall–Kier alpha value is -8.92. The van der Waals surface area contributed by atoms with Crippen LogP contribution >= 0.6 is 102 Å². The molecule has 0 atom stereocenters. The SMILES string of the molecule is BrP(Br)Br.CCO.CCOC(=O)Cc1cc(C)cc(OC)c1F.CNc1nc(SC)ncc1C=O.COC(=O)c1cc(C)cc(OC)c1.COC(=O)c1cc(C)cc(OC)c1F.COc1cc(C)cc(CBr)c1F.COc1cc(C)cc(CC#N)c1F.COc1cc(C)cc(CO)c1F.COc1cc(OC)c(F)c(-c2cc3cnc(SC)nc3n(C)c2=O)c1.C[Si](C)(C)C#N.F[N+]12CC[N+](CCl)(CC1)CC2.O=S(=O)(O)O.[AlH3].[H-].[Li+]. The van der Waals surface area contributed by atoms with E-state index in [1.54, 1.807) is 115 Å². The molecule has 0 aliphatic carbocycles. The van der Waals surface area contributed by atoms with Crippen molar-refractivity contribution < 1.29 is 159 Å². The Morgan fingerprint density at radius 3 is 1.36 bits per heavy atom. The average Bonchev–Trinajstić information content (AvgIpc) is 0.758. The van der Waals surface area contributed by atoms with Crippen LogP contribution in [-0.4, -0.2) is 260 Å². The number of benzene rings is 7. The van der Waals surface area contributed by atoms with E-state index in [9.17, 15) is 54.8 Å². The standard InChI is InChI=1S/C17H16FN3O3S.C12H15FO3.C10H10FNO.C10H11FO3.C10H12O3.C9H10BrFO.C9H11FO2.C7H14ClFN2.C7H9N3OS.C4H9NSi.C2H6O.Al.Br3P.Li.H2O4S.4H/c1-21-15-9(8-19-17(20-15)25-4)5-12(16(21)22)11-6-10(23-2)7-13(24-3)14(11)18;1-4-16-11(14)7-9-5-8(2)6-10(15-3)12(9)13;1-7-5-8(3-4-12)10(11)9(6-7)13-2;1-6-4-7(10(12)14-3)9(11)8(5-6)13-2;1-7-4-8(10(11)13-3)6-9(5-7)12-2;1-6-3-7(5-10)9(11)8(4-6)12-2;1-6-3-7(5-11)9(10)8(4-6)12-2;8-7-10-1-4-11(9,5-2-10)6-3-10;1-8-6-5(4-11)3-9-7(10-6)12-2;1-6(2,3)4-5;1-2-3;;1-4(2)3;;1-5(2,3)4;;;;/h5-8H,1-4H3;5-6H,4,7H2,1-3H3;5-6H,3H2,1-2H3;4-5H,1-3H3;4-6H,1-3H3;3-4H,5H2,1-2H3;3-4,11H,5H2,1-2H3;1-7H2;3-4H,1-2H3,(H,8,9,10);1-3H3;3H,2H2,1H3;;;;(H2,1,2,3,4);;;;/q;;;;;;;+2;;;;;;+1;;;;;-1. The van der Waals surface area contributed by atoms with Gasteiger partial charge in [0.15, 0.2) is 137 Å². The number of halogens is 12. The number of quaternary nitrogens is 2. The zero-order valence-electron chi connectivity index (χ0n) is 87.5. The average molecular weight is 2460 g/mol. The van der Waals surface area contributed by atoms with Crippen LogP contribution < -0.4 is 67.6 Å². The number of aryl methyl sites for hydroxylation is 7. The van der Waals surface area contributed by atoms with Crippen molar-refractivity contribution in [2.75, 3.05) is 154 Å². The maximum Gasteiger partial charge on any atom is 1.00 e. The summed E-state index contributed by atoms with van der Waals surface area (Å²) in [5.41, 5.74) is 10.5. The van der Waals surface area contributed by atoms with Crippen molar-refractivity contribution >= 4 is 178 Å². The molecule has 812 valence electrons. The molecule has 13 rings (SSSR count). The van der Waals surface area contributed by atoms with Gasteiger partial charge >= 0.3 is 47.2 Å². The molecule has 7 aromatic carbocycles. The van der Waals surface area contributed by atoms with Crippen molar-refractivity contribution in [2.24, 2.45) is 7.05 Å². The predicted octanol–water partition coefficient (Wildman–Crippen LogP) is 17.6. The number of nitrogens with one attached hydrogen (secondary N) is 1. The first-order chi connectivity index (χ1) is 68.6. The summed E-state index contributed by atoms with van der Waals surface area (Å²) in [7, 11) is 11.3. The van der Waals surface area contributed by atoms with Crippen LogP contribution in [0.4, 0.5) is 36.6 Å². The Morgan fingerprint density at radius 1 is 0.588 bits per heavy atom.